The Morgan fingerprint density at radius 3 is 2.91 bits per heavy atom. The number of rotatable bonds is 4. The number of carbonyl (C=O) groups is 2. The minimum Gasteiger partial charge on any atom is -0.477 e. The van der Waals surface area contributed by atoms with Gasteiger partial charge in [0.15, 0.2) is 0 Å². The summed E-state index contributed by atoms with van der Waals surface area (Å²) in [5, 5.41) is 7.43. The van der Waals surface area contributed by atoms with Crippen molar-refractivity contribution in [3.05, 3.63) is 66.0 Å². The van der Waals surface area contributed by atoms with Gasteiger partial charge in [0, 0.05) is 37.9 Å². The molecule has 1 saturated heterocycles. The summed E-state index contributed by atoms with van der Waals surface area (Å²) >= 11 is 0. The highest BCUT2D eigenvalue weighted by atomic mass is 16.5. The second kappa shape index (κ2) is 12.4. The highest BCUT2D eigenvalue weighted by molar-refractivity contribution is 6.04. The Bertz CT molecular complexity index is 1670. The molecule has 11 heteroatoms. The molecule has 0 unspecified atom stereocenters. The number of hydrogen-bond acceptors (Lipinski definition) is 7. The van der Waals surface area contributed by atoms with Gasteiger partial charge in [-0.2, -0.15) is 5.10 Å². The third-order valence-electron chi connectivity index (χ3n) is 8.03. The maximum atomic E-state index is 13.6. The highest BCUT2D eigenvalue weighted by Gasteiger charge is 2.23. The van der Waals surface area contributed by atoms with Gasteiger partial charge in [-0.05, 0) is 74.9 Å². The van der Waals surface area contributed by atoms with Crippen LogP contribution in [0.1, 0.15) is 53.7 Å². The number of piperidine rings is 1. The minimum atomic E-state index is -0.260. The second-order valence-electron chi connectivity index (χ2n) is 11.2. The fourth-order valence-electron chi connectivity index (χ4n) is 5.80. The number of amides is 2. The van der Waals surface area contributed by atoms with Crippen LogP contribution in [-0.2, 0) is 29.7 Å². The SMILES string of the molecule is C=CC(=O)N1CCC[C@@H](OCc2ccc3nc4n(c3c2)CCCCCOc2c(cnn2C)-c2cc(cc(C)n2)C(=O)N4)C1. The van der Waals surface area contributed by atoms with Gasteiger partial charge in [0.05, 0.1) is 47.8 Å². The number of ether oxygens (including phenoxy) is 2. The number of benzene rings is 1. The van der Waals surface area contributed by atoms with Crippen molar-refractivity contribution in [2.45, 2.75) is 58.3 Å². The van der Waals surface area contributed by atoms with E-state index in [1.54, 1.807) is 27.9 Å². The quantitative estimate of drug-likeness (QED) is 0.348. The zero-order chi connectivity index (χ0) is 29.9. The van der Waals surface area contributed by atoms with E-state index in [1.165, 1.54) is 6.08 Å². The van der Waals surface area contributed by atoms with E-state index in [0.717, 1.165) is 66.5 Å². The monoisotopic (exact) mass is 583 g/mol. The lowest BCUT2D eigenvalue weighted by atomic mass is 10.1. The normalized spacial score (nSPS) is 17.7. The Morgan fingerprint density at radius 2 is 2.05 bits per heavy atom. The van der Waals surface area contributed by atoms with E-state index >= 15 is 0 Å². The lowest BCUT2D eigenvalue weighted by Gasteiger charge is -2.32. The van der Waals surface area contributed by atoms with Gasteiger partial charge in [0.1, 0.15) is 0 Å². The van der Waals surface area contributed by atoms with Crippen molar-refractivity contribution in [3.63, 3.8) is 0 Å². The molecule has 2 bridgehead atoms. The van der Waals surface area contributed by atoms with Crippen molar-refractivity contribution in [1.29, 1.82) is 0 Å². The molecule has 4 aromatic rings. The number of likely N-dealkylation sites (tertiary alicyclic amines) is 1. The number of nitrogens with zero attached hydrogens (tertiary/aromatic N) is 6. The van der Waals surface area contributed by atoms with E-state index < -0.39 is 0 Å². The van der Waals surface area contributed by atoms with Gasteiger partial charge in [0.25, 0.3) is 5.91 Å². The van der Waals surface area contributed by atoms with Crippen LogP contribution in [0.3, 0.4) is 0 Å². The maximum absolute atomic E-state index is 13.6. The fourth-order valence-corrected chi connectivity index (χ4v) is 5.80. The van der Waals surface area contributed by atoms with Crippen molar-refractivity contribution < 1.29 is 19.1 Å². The summed E-state index contributed by atoms with van der Waals surface area (Å²) in [4.78, 5) is 36.9. The molecule has 5 heterocycles. The van der Waals surface area contributed by atoms with Crippen molar-refractivity contribution in [2.24, 2.45) is 7.05 Å². The molecule has 0 radical (unpaired) electrons. The molecule has 2 aliphatic rings. The number of fused-ring (bicyclic) bond motifs is 7. The van der Waals surface area contributed by atoms with Crippen LogP contribution in [0.4, 0.5) is 5.95 Å². The van der Waals surface area contributed by atoms with Crippen LogP contribution < -0.4 is 10.1 Å². The molecule has 1 N–H and O–H groups in total. The molecule has 1 aromatic carbocycles. The Labute approximate surface area is 250 Å². The first kappa shape index (κ1) is 28.6. The Morgan fingerprint density at radius 1 is 1.16 bits per heavy atom. The van der Waals surface area contributed by atoms with E-state index in [0.29, 0.717) is 49.4 Å². The van der Waals surface area contributed by atoms with Crippen LogP contribution in [-0.4, -0.2) is 66.8 Å². The second-order valence-corrected chi connectivity index (χ2v) is 11.2. The predicted molar refractivity (Wildman–Crippen MR) is 163 cm³/mol. The third kappa shape index (κ3) is 6.17. The van der Waals surface area contributed by atoms with E-state index in [1.807, 2.05) is 26.1 Å². The van der Waals surface area contributed by atoms with Crippen LogP contribution in [0.5, 0.6) is 5.88 Å². The van der Waals surface area contributed by atoms with Gasteiger partial charge in [-0.25, -0.2) is 9.67 Å². The molecule has 0 spiro atoms. The van der Waals surface area contributed by atoms with Crippen LogP contribution in [0.15, 0.2) is 49.2 Å². The molecule has 0 saturated carbocycles. The van der Waals surface area contributed by atoms with Gasteiger partial charge in [-0.15, -0.1) is 0 Å². The molecule has 43 heavy (non-hydrogen) atoms. The summed E-state index contributed by atoms with van der Waals surface area (Å²) in [5.74, 6) is 0.833. The Kier molecular flexibility index (Phi) is 8.24. The molecule has 6 rings (SSSR count). The standard InChI is InChI=1S/C32H37N7O4/c1-4-29(40)38-12-8-9-24(19-38)43-20-22-10-11-26-28(16-22)39-13-6-5-7-14-42-31-25(18-33-37(31)3)27-17-23(15-21(2)34-27)30(41)36-32(39)35-26/h4,10-11,15-18,24H,1,5-9,12-14,19-20H2,2-3H3,(H,35,36,41)/t24-/m1/s1. The van der Waals surface area contributed by atoms with Crippen molar-refractivity contribution >= 4 is 28.8 Å². The van der Waals surface area contributed by atoms with Gasteiger partial charge < -0.3 is 18.9 Å². The van der Waals surface area contributed by atoms with Crippen LogP contribution in [0.25, 0.3) is 22.3 Å². The highest BCUT2D eigenvalue weighted by Crippen LogP contribution is 2.30. The lowest BCUT2D eigenvalue weighted by molar-refractivity contribution is -0.130. The van der Waals surface area contributed by atoms with E-state index in [4.69, 9.17) is 14.5 Å². The smallest absolute Gasteiger partial charge is 0.258 e. The number of nitrogens with one attached hydrogen (secondary N) is 1. The Balaban J connectivity index is 1.27. The van der Waals surface area contributed by atoms with Gasteiger partial charge in [0.2, 0.25) is 17.7 Å². The van der Waals surface area contributed by atoms with Crippen LogP contribution >= 0.6 is 0 Å². The van der Waals surface area contributed by atoms with Gasteiger partial charge >= 0.3 is 0 Å². The van der Waals surface area contributed by atoms with Crippen LogP contribution in [0, 0.1) is 6.92 Å². The summed E-state index contributed by atoms with van der Waals surface area (Å²) in [6.45, 7) is 8.45. The molecule has 1 fully saturated rings. The number of pyridine rings is 1. The summed E-state index contributed by atoms with van der Waals surface area (Å²) in [6, 6.07) is 9.60. The molecule has 2 aliphatic heterocycles. The average Bonchev–Trinajstić information content (AvgIpc) is 3.55. The third-order valence-corrected chi connectivity index (χ3v) is 8.03. The minimum absolute atomic E-state index is 0.0198. The Hall–Kier alpha value is -4.51. The summed E-state index contributed by atoms with van der Waals surface area (Å²) in [5.41, 5.74) is 5.34. The zero-order valence-corrected chi connectivity index (χ0v) is 24.7. The molecule has 2 amide bonds. The predicted octanol–water partition coefficient (Wildman–Crippen LogP) is 4.65. The van der Waals surface area contributed by atoms with E-state index in [-0.39, 0.29) is 17.9 Å². The van der Waals surface area contributed by atoms with Crippen LogP contribution in [0.2, 0.25) is 0 Å². The summed E-state index contributed by atoms with van der Waals surface area (Å²) < 4.78 is 16.2. The average molecular weight is 584 g/mol. The van der Waals surface area contributed by atoms with Crippen molar-refractivity contribution in [1.82, 2.24) is 29.2 Å². The lowest BCUT2D eigenvalue weighted by Crippen LogP contribution is -2.42. The summed E-state index contributed by atoms with van der Waals surface area (Å²) in [6.07, 6.45) is 7.59. The molecular weight excluding hydrogens is 546 g/mol. The van der Waals surface area contributed by atoms with Crippen molar-refractivity contribution in [3.8, 4) is 17.1 Å². The molecule has 1 atom stereocenters. The first-order valence-corrected chi connectivity index (χ1v) is 14.9. The van der Waals surface area contributed by atoms with E-state index in [2.05, 4.69) is 32.6 Å². The molecule has 3 aromatic heterocycles. The van der Waals surface area contributed by atoms with Crippen molar-refractivity contribution in [2.75, 3.05) is 25.0 Å². The number of carbonyl (C=O) groups excluding carboxylic acids is 2. The number of aryl methyl sites for hydroxylation is 3. The molecular formula is C32H37N7O4. The largest absolute Gasteiger partial charge is 0.477 e. The maximum Gasteiger partial charge on any atom is 0.258 e. The summed E-state index contributed by atoms with van der Waals surface area (Å²) in [7, 11) is 1.84. The number of imidazole rings is 1. The van der Waals surface area contributed by atoms with E-state index in [9.17, 15) is 9.59 Å². The number of anilines is 1. The topological polar surface area (TPSA) is 116 Å². The molecule has 11 nitrogen and oxygen atoms in total. The van der Waals surface area contributed by atoms with Gasteiger partial charge in [-0.1, -0.05) is 12.6 Å². The number of aromatic nitrogens is 5. The number of hydrogen-bond donors (Lipinski definition) is 1. The fraction of sp³-hybridized carbons (Fsp3) is 0.406. The first-order chi connectivity index (χ1) is 20.9. The first-order valence-electron chi connectivity index (χ1n) is 14.9. The molecule has 224 valence electrons. The molecule has 0 aliphatic carbocycles. The van der Waals surface area contributed by atoms with Gasteiger partial charge in [-0.3, -0.25) is 19.9 Å². The zero-order valence-electron chi connectivity index (χ0n) is 24.7.